The van der Waals surface area contributed by atoms with Crippen LogP contribution in [0, 0.1) is 0 Å². The molecule has 1 amide bonds. The summed E-state index contributed by atoms with van der Waals surface area (Å²) in [5.74, 6) is -0.369. The van der Waals surface area contributed by atoms with Gasteiger partial charge in [-0.25, -0.2) is 4.98 Å². The van der Waals surface area contributed by atoms with Crippen molar-refractivity contribution in [2.45, 2.75) is 25.0 Å². The molecule has 1 N–H and O–H groups in total. The largest absolute Gasteiger partial charge is 0.573 e. The van der Waals surface area contributed by atoms with Crippen LogP contribution in [0.5, 0.6) is 5.75 Å². The van der Waals surface area contributed by atoms with Gasteiger partial charge in [-0.05, 0) is 30.9 Å². The Balaban J connectivity index is 1.96. The first-order chi connectivity index (χ1) is 11.3. The number of ether oxygens (including phenoxy) is 1. The number of benzene rings is 1. The van der Waals surface area contributed by atoms with Crippen LogP contribution in [-0.4, -0.2) is 28.8 Å². The van der Waals surface area contributed by atoms with Crippen LogP contribution in [0.3, 0.4) is 0 Å². The highest BCUT2D eigenvalue weighted by molar-refractivity contribution is 7.99. The predicted molar refractivity (Wildman–Crippen MR) is 89.7 cm³/mol. The first-order valence-electron chi connectivity index (χ1n) is 6.90. The van der Waals surface area contributed by atoms with E-state index < -0.39 is 6.36 Å². The Morgan fingerprint density at radius 3 is 2.62 bits per heavy atom. The van der Waals surface area contributed by atoms with Crippen molar-refractivity contribution in [1.29, 1.82) is 0 Å². The number of alkyl halides is 3. The molecule has 0 bridgehead atoms. The lowest BCUT2D eigenvalue weighted by Gasteiger charge is -2.09. The third-order valence-corrected chi connectivity index (χ3v) is 4.88. The van der Waals surface area contributed by atoms with Crippen molar-refractivity contribution in [1.82, 2.24) is 4.98 Å². The molecule has 2 aromatic rings. The Labute approximate surface area is 145 Å². The van der Waals surface area contributed by atoms with E-state index in [0.717, 1.165) is 10.4 Å². The van der Waals surface area contributed by atoms with Crippen molar-refractivity contribution in [3.05, 3.63) is 40.9 Å². The van der Waals surface area contributed by atoms with E-state index in [0.29, 0.717) is 11.6 Å². The molecule has 0 radical (unpaired) electrons. The highest BCUT2D eigenvalue weighted by Crippen LogP contribution is 2.25. The Hall–Kier alpha value is -1.74. The maximum atomic E-state index is 12.1. The van der Waals surface area contributed by atoms with E-state index in [1.807, 2.05) is 6.26 Å². The smallest absolute Gasteiger partial charge is 0.406 e. The number of carbonyl (C=O) groups is 1. The predicted octanol–water partition coefficient (Wildman–Crippen LogP) is 4.32. The fourth-order valence-corrected chi connectivity index (χ4v) is 2.89. The summed E-state index contributed by atoms with van der Waals surface area (Å²) in [6.45, 7) is 1.80. The number of amides is 1. The summed E-state index contributed by atoms with van der Waals surface area (Å²) in [5.41, 5.74) is 0.823. The summed E-state index contributed by atoms with van der Waals surface area (Å²) in [6.07, 6.45) is -0.689. The van der Waals surface area contributed by atoms with E-state index in [2.05, 4.69) is 15.0 Å². The van der Waals surface area contributed by atoms with Crippen molar-refractivity contribution in [3.8, 4) is 5.75 Å². The van der Waals surface area contributed by atoms with Crippen molar-refractivity contribution < 1.29 is 22.7 Å². The quantitative estimate of drug-likeness (QED) is 0.816. The molecule has 1 atom stereocenters. The minimum absolute atomic E-state index is 0.114. The first kappa shape index (κ1) is 18.6. The number of nitrogens with one attached hydrogen (secondary N) is 1. The van der Waals surface area contributed by atoms with Crippen LogP contribution in [0.25, 0.3) is 0 Å². The molecule has 1 unspecified atom stereocenters. The van der Waals surface area contributed by atoms with Crippen molar-refractivity contribution in [2.24, 2.45) is 0 Å². The molecule has 1 heterocycles. The molecule has 0 spiro atoms. The van der Waals surface area contributed by atoms with Crippen LogP contribution in [0.15, 0.2) is 30.5 Å². The Morgan fingerprint density at radius 2 is 2.04 bits per heavy atom. The molecule has 24 heavy (non-hydrogen) atoms. The van der Waals surface area contributed by atoms with Gasteiger partial charge >= 0.3 is 6.36 Å². The molecule has 0 fully saturated rings. The fourth-order valence-electron chi connectivity index (χ4n) is 1.77. The summed E-state index contributed by atoms with van der Waals surface area (Å²) in [4.78, 5) is 16.8. The van der Waals surface area contributed by atoms with Crippen LogP contribution < -0.4 is 10.1 Å². The number of hydrogen-bond acceptors (Lipinski definition) is 5. The van der Waals surface area contributed by atoms with E-state index in [9.17, 15) is 18.0 Å². The topological polar surface area (TPSA) is 51.2 Å². The molecule has 0 saturated heterocycles. The maximum absolute atomic E-state index is 12.1. The summed E-state index contributed by atoms with van der Waals surface area (Å²) >= 11 is 2.77. The van der Waals surface area contributed by atoms with E-state index >= 15 is 0 Å². The zero-order valence-electron chi connectivity index (χ0n) is 12.9. The van der Waals surface area contributed by atoms with Crippen molar-refractivity contribution in [3.63, 3.8) is 0 Å². The number of nitrogens with zero attached hydrogens (tertiary/aromatic N) is 1. The number of thiazole rings is 1. The lowest BCUT2D eigenvalue weighted by Crippen LogP contribution is -2.21. The Bertz CT molecular complexity index is 687. The average Bonchev–Trinajstić information content (AvgIpc) is 2.94. The molecule has 4 nitrogen and oxygen atoms in total. The third kappa shape index (κ3) is 5.72. The maximum Gasteiger partial charge on any atom is 0.573 e. The number of halogens is 3. The first-order valence-corrected chi connectivity index (χ1v) is 9.00. The van der Waals surface area contributed by atoms with Gasteiger partial charge in [0.25, 0.3) is 0 Å². The van der Waals surface area contributed by atoms with Gasteiger partial charge in [0.1, 0.15) is 5.75 Å². The standard InChI is InChI=1S/C15H15F3N2O2S2/c1-9(23-2)13(21)20-14-19-8-12(24-14)7-10-3-5-11(6-4-10)22-15(16,17)18/h3-6,8-9H,7H2,1-2H3,(H,19,20,21). The summed E-state index contributed by atoms with van der Waals surface area (Å²) < 4.78 is 40.2. The van der Waals surface area contributed by atoms with Crippen LogP contribution >= 0.6 is 23.1 Å². The number of thioether (sulfide) groups is 1. The van der Waals surface area contributed by atoms with Gasteiger partial charge < -0.3 is 10.1 Å². The lowest BCUT2D eigenvalue weighted by molar-refractivity contribution is -0.274. The van der Waals surface area contributed by atoms with E-state index in [-0.39, 0.29) is 16.9 Å². The second-order valence-corrected chi connectivity index (χ2v) is 7.16. The molecule has 0 aliphatic carbocycles. The molecule has 1 aromatic heterocycles. The van der Waals surface area contributed by atoms with Crippen LogP contribution in [-0.2, 0) is 11.2 Å². The molecule has 9 heteroatoms. The van der Waals surface area contributed by atoms with Crippen molar-refractivity contribution >= 4 is 34.1 Å². The molecule has 1 aromatic carbocycles. The second kappa shape index (κ2) is 7.89. The highest BCUT2D eigenvalue weighted by atomic mass is 32.2. The molecule has 0 aliphatic rings. The zero-order chi connectivity index (χ0) is 17.7. The normalized spacial score (nSPS) is 12.7. The second-order valence-electron chi connectivity index (χ2n) is 4.87. The average molecular weight is 376 g/mol. The molecule has 2 rings (SSSR count). The third-order valence-electron chi connectivity index (χ3n) is 3.04. The zero-order valence-corrected chi connectivity index (χ0v) is 14.5. The van der Waals surface area contributed by atoms with Gasteiger partial charge in [-0.3, -0.25) is 4.79 Å². The lowest BCUT2D eigenvalue weighted by atomic mass is 10.1. The molecule has 130 valence electrons. The molecular formula is C15H15F3N2O2S2. The van der Waals surface area contributed by atoms with Gasteiger partial charge in [-0.15, -0.1) is 24.5 Å². The number of anilines is 1. The van der Waals surface area contributed by atoms with Gasteiger partial charge in [0.05, 0.1) is 5.25 Å². The number of rotatable bonds is 6. The highest BCUT2D eigenvalue weighted by Gasteiger charge is 2.30. The fraction of sp³-hybridized carbons (Fsp3) is 0.333. The van der Waals surface area contributed by atoms with Crippen LogP contribution in [0.1, 0.15) is 17.4 Å². The number of carbonyl (C=O) groups excluding carboxylic acids is 1. The van der Waals surface area contributed by atoms with E-state index in [1.54, 1.807) is 25.3 Å². The summed E-state index contributed by atoms with van der Waals surface area (Å²) in [5, 5.41) is 3.08. The SMILES string of the molecule is CSC(C)C(=O)Nc1ncc(Cc2ccc(OC(F)(F)F)cc2)s1. The summed E-state index contributed by atoms with van der Waals surface area (Å²) in [6, 6.07) is 5.67. The molecule has 0 saturated carbocycles. The Kier molecular flexibility index (Phi) is 6.11. The van der Waals surface area contributed by atoms with Gasteiger partial charge in [0.2, 0.25) is 5.91 Å². The minimum Gasteiger partial charge on any atom is -0.406 e. The molecule has 0 aliphatic heterocycles. The van der Waals surface area contributed by atoms with Crippen molar-refractivity contribution in [2.75, 3.05) is 11.6 Å². The number of aromatic nitrogens is 1. The minimum atomic E-state index is -4.69. The number of hydrogen-bond donors (Lipinski definition) is 1. The van der Waals surface area contributed by atoms with Gasteiger partial charge in [0.15, 0.2) is 5.13 Å². The summed E-state index contributed by atoms with van der Waals surface area (Å²) in [7, 11) is 0. The van der Waals surface area contributed by atoms with Gasteiger partial charge in [0, 0.05) is 17.5 Å². The van der Waals surface area contributed by atoms with E-state index in [1.165, 1.54) is 35.2 Å². The monoisotopic (exact) mass is 376 g/mol. The Morgan fingerprint density at radius 1 is 1.38 bits per heavy atom. The van der Waals surface area contributed by atoms with Crippen LogP contribution in [0.2, 0.25) is 0 Å². The molecular weight excluding hydrogens is 361 g/mol. The van der Waals surface area contributed by atoms with E-state index in [4.69, 9.17) is 0 Å². The van der Waals surface area contributed by atoms with Crippen LogP contribution in [0.4, 0.5) is 18.3 Å². The van der Waals surface area contributed by atoms with Gasteiger partial charge in [-0.2, -0.15) is 11.8 Å². The van der Waals surface area contributed by atoms with Gasteiger partial charge in [-0.1, -0.05) is 12.1 Å².